The first-order valence-corrected chi connectivity index (χ1v) is 8.55. The lowest BCUT2D eigenvalue weighted by Gasteiger charge is -2.26. The molecule has 26 heavy (non-hydrogen) atoms. The Balaban J connectivity index is 1.89. The molecule has 0 radical (unpaired) electrons. The fourth-order valence-corrected chi connectivity index (χ4v) is 3.37. The number of hydrogen-bond acceptors (Lipinski definition) is 4. The SMILES string of the molecule is Cc1nn2c(c1-c1ccc(Cl)cc1)NC(c1ccccc1)=C(C#N)[C@H]2N. The molecule has 0 aliphatic carbocycles. The minimum absolute atomic E-state index is 0.453. The van der Waals surface area contributed by atoms with E-state index >= 15 is 0 Å². The summed E-state index contributed by atoms with van der Waals surface area (Å²) in [5.74, 6) is 0.773. The van der Waals surface area contributed by atoms with E-state index in [1.54, 1.807) is 4.68 Å². The Morgan fingerprint density at radius 3 is 2.46 bits per heavy atom. The van der Waals surface area contributed by atoms with Gasteiger partial charge in [0.05, 0.1) is 17.0 Å². The molecule has 0 saturated heterocycles. The predicted molar refractivity (Wildman–Crippen MR) is 103 cm³/mol. The molecule has 0 spiro atoms. The zero-order valence-corrected chi connectivity index (χ0v) is 14.8. The van der Waals surface area contributed by atoms with E-state index < -0.39 is 6.17 Å². The molecule has 5 nitrogen and oxygen atoms in total. The second-order valence-electron chi connectivity index (χ2n) is 6.10. The fourth-order valence-electron chi connectivity index (χ4n) is 3.24. The van der Waals surface area contributed by atoms with Gasteiger partial charge in [0.25, 0.3) is 0 Å². The van der Waals surface area contributed by atoms with E-state index in [4.69, 9.17) is 17.3 Å². The number of nitrogens with two attached hydrogens (primary N) is 1. The maximum Gasteiger partial charge on any atom is 0.139 e. The van der Waals surface area contributed by atoms with Gasteiger partial charge in [0.2, 0.25) is 0 Å². The Labute approximate surface area is 156 Å². The van der Waals surface area contributed by atoms with Gasteiger partial charge in [0.15, 0.2) is 0 Å². The summed E-state index contributed by atoms with van der Waals surface area (Å²) in [4.78, 5) is 0. The van der Waals surface area contributed by atoms with Crippen molar-refractivity contribution < 1.29 is 0 Å². The van der Waals surface area contributed by atoms with Crippen LogP contribution >= 0.6 is 11.6 Å². The molecule has 2 aromatic carbocycles. The second-order valence-corrected chi connectivity index (χ2v) is 6.53. The van der Waals surface area contributed by atoms with E-state index in [0.29, 0.717) is 16.3 Å². The van der Waals surface area contributed by atoms with E-state index in [9.17, 15) is 5.26 Å². The number of rotatable bonds is 2. The molecule has 3 aromatic rings. The Bertz CT molecular complexity index is 1040. The van der Waals surface area contributed by atoms with Gasteiger partial charge in [-0.3, -0.25) is 0 Å². The minimum atomic E-state index is -0.647. The van der Waals surface area contributed by atoms with Gasteiger partial charge < -0.3 is 11.1 Å². The summed E-state index contributed by atoms with van der Waals surface area (Å²) in [6, 6.07) is 19.5. The molecule has 0 saturated carbocycles. The number of aromatic nitrogens is 2. The maximum absolute atomic E-state index is 9.66. The van der Waals surface area contributed by atoms with Gasteiger partial charge in [0, 0.05) is 10.6 Å². The summed E-state index contributed by atoms with van der Waals surface area (Å²) in [6.45, 7) is 1.93. The lowest BCUT2D eigenvalue weighted by Crippen LogP contribution is -2.29. The molecule has 4 rings (SSSR count). The van der Waals surface area contributed by atoms with Gasteiger partial charge in [0.1, 0.15) is 18.1 Å². The number of benzene rings is 2. The van der Waals surface area contributed by atoms with Crippen molar-refractivity contribution in [1.29, 1.82) is 5.26 Å². The van der Waals surface area contributed by atoms with Crippen LogP contribution in [-0.4, -0.2) is 9.78 Å². The largest absolute Gasteiger partial charge is 0.338 e. The van der Waals surface area contributed by atoms with E-state index in [-0.39, 0.29) is 0 Å². The zero-order valence-electron chi connectivity index (χ0n) is 14.1. The summed E-state index contributed by atoms with van der Waals surface area (Å²) >= 11 is 6.02. The molecular formula is C20H16ClN5. The highest BCUT2D eigenvalue weighted by Gasteiger charge is 2.30. The van der Waals surface area contributed by atoms with Crippen LogP contribution in [0.25, 0.3) is 16.8 Å². The molecule has 128 valence electrons. The molecule has 0 unspecified atom stereocenters. The van der Waals surface area contributed by atoms with Crippen molar-refractivity contribution in [3.8, 4) is 17.2 Å². The third-order valence-electron chi connectivity index (χ3n) is 4.47. The second kappa shape index (κ2) is 6.34. The van der Waals surface area contributed by atoms with Crippen LogP contribution in [0.2, 0.25) is 5.02 Å². The first-order chi connectivity index (χ1) is 12.6. The smallest absolute Gasteiger partial charge is 0.139 e. The Hall–Kier alpha value is -3.07. The number of nitrogens with zero attached hydrogens (tertiary/aromatic N) is 3. The zero-order chi connectivity index (χ0) is 18.3. The summed E-state index contributed by atoms with van der Waals surface area (Å²) < 4.78 is 1.67. The number of halogens is 1. The van der Waals surface area contributed by atoms with Crippen LogP contribution < -0.4 is 11.1 Å². The van der Waals surface area contributed by atoms with Gasteiger partial charge in [-0.15, -0.1) is 0 Å². The van der Waals surface area contributed by atoms with E-state index in [1.807, 2.05) is 61.5 Å². The molecule has 1 aromatic heterocycles. The lowest BCUT2D eigenvalue weighted by molar-refractivity contribution is 0.540. The fraction of sp³-hybridized carbons (Fsp3) is 0.100. The van der Waals surface area contributed by atoms with Crippen molar-refractivity contribution in [2.24, 2.45) is 5.73 Å². The van der Waals surface area contributed by atoms with Gasteiger partial charge in [-0.05, 0) is 30.2 Å². The lowest BCUT2D eigenvalue weighted by atomic mass is 10.0. The van der Waals surface area contributed by atoms with Crippen LogP contribution in [0.3, 0.4) is 0 Å². The molecular weight excluding hydrogens is 346 g/mol. The molecule has 1 aliphatic rings. The topological polar surface area (TPSA) is 79.7 Å². The van der Waals surface area contributed by atoms with E-state index in [0.717, 1.165) is 28.2 Å². The number of anilines is 1. The first kappa shape index (κ1) is 16.4. The Morgan fingerprint density at radius 1 is 1.12 bits per heavy atom. The molecule has 0 amide bonds. The van der Waals surface area contributed by atoms with Crippen LogP contribution in [0.1, 0.15) is 17.4 Å². The first-order valence-electron chi connectivity index (χ1n) is 8.17. The molecule has 2 heterocycles. The minimum Gasteiger partial charge on any atom is -0.338 e. The van der Waals surface area contributed by atoms with Crippen molar-refractivity contribution >= 4 is 23.1 Å². The number of nitrogens with one attached hydrogen (secondary N) is 1. The number of aryl methyl sites for hydroxylation is 1. The van der Waals surface area contributed by atoms with Crippen LogP contribution in [0.5, 0.6) is 0 Å². The highest BCUT2D eigenvalue weighted by atomic mass is 35.5. The van der Waals surface area contributed by atoms with Crippen LogP contribution in [-0.2, 0) is 0 Å². The Morgan fingerprint density at radius 2 is 1.81 bits per heavy atom. The molecule has 1 aliphatic heterocycles. The van der Waals surface area contributed by atoms with Crippen molar-refractivity contribution in [3.05, 3.63) is 76.5 Å². The molecule has 1 atom stereocenters. The number of nitriles is 1. The van der Waals surface area contributed by atoms with Crippen molar-refractivity contribution in [3.63, 3.8) is 0 Å². The van der Waals surface area contributed by atoms with E-state index in [2.05, 4.69) is 16.5 Å². The van der Waals surface area contributed by atoms with Gasteiger partial charge in [-0.25, -0.2) is 4.68 Å². The maximum atomic E-state index is 9.66. The highest BCUT2D eigenvalue weighted by Crippen LogP contribution is 2.40. The van der Waals surface area contributed by atoms with Gasteiger partial charge >= 0.3 is 0 Å². The normalized spacial score (nSPS) is 16.0. The Kier molecular flexibility index (Phi) is 4.00. The van der Waals surface area contributed by atoms with Crippen LogP contribution in [0, 0.1) is 18.3 Å². The van der Waals surface area contributed by atoms with Gasteiger partial charge in [-0.2, -0.15) is 10.4 Å². The number of hydrogen-bond donors (Lipinski definition) is 2. The standard InChI is InChI=1S/C20H16ClN5/c1-12-17(13-7-9-15(21)10-8-13)20-24-18(14-5-3-2-4-6-14)16(11-22)19(23)26(20)25-12/h2-10,19,24H,23H2,1H3/t19-/m0/s1. The van der Waals surface area contributed by atoms with Crippen molar-refractivity contribution in [1.82, 2.24) is 9.78 Å². The quantitative estimate of drug-likeness (QED) is 0.712. The van der Waals surface area contributed by atoms with Gasteiger partial charge in [-0.1, -0.05) is 54.1 Å². The average molecular weight is 362 g/mol. The third-order valence-corrected chi connectivity index (χ3v) is 4.73. The summed E-state index contributed by atoms with van der Waals surface area (Å²) in [6.07, 6.45) is -0.647. The molecule has 6 heteroatoms. The average Bonchev–Trinajstić information content (AvgIpc) is 2.99. The van der Waals surface area contributed by atoms with Crippen LogP contribution in [0.15, 0.2) is 60.2 Å². The molecule has 0 bridgehead atoms. The predicted octanol–water partition coefficient (Wildman–Crippen LogP) is 4.33. The molecule has 0 fully saturated rings. The monoisotopic (exact) mass is 361 g/mol. The number of fused-ring (bicyclic) bond motifs is 1. The summed E-state index contributed by atoms with van der Waals surface area (Å²) in [5, 5.41) is 18.3. The summed E-state index contributed by atoms with van der Waals surface area (Å²) in [5.41, 5.74) is 11.2. The van der Waals surface area contributed by atoms with Crippen LogP contribution in [0.4, 0.5) is 5.82 Å². The third kappa shape index (κ3) is 2.57. The summed E-state index contributed by atoms with van der Waals surface area (Å²) in [7, 11) is 0. The molecule has 3 N–H and O–H groups in total. The van der Waals surface area contributed by atoms with E-state index in [1.165, 1.54) is 0 Å². The van der Waals surface area contributed by atoms with Crippen molar-refractivity contribution in [2.45, 2.75) is 13.1 Å². The van der Waals surface area contributed by atoms with Crippen molar-refractivity contribution in [2.75, 3.05) is 5.32 Å². The highest BCUT2D eigenvalue weighted by molar-refractivity contribution is 6.30.